The van der Waals surface area contributed by atoms with E-state index in [1.165, 1.54) is 0 Å². The molecule has 1 aromatic carbocycles. The van der Waals surface area contributed by atoms with E-state index >= 15 is 0 Å². The maximum atomic E-state index is 6.07. The van der Waals surface area contributed by atoms with Crippen molar-refractivity contribution in [1.82, 2.24) is 9.55 Å². The van der Waals surface area contributed by atoms with E-state index in [9.17, 15) is 0 Å². The molecular formula is C15H20ClN3O. The number of halogens is 1. The SMILES string of the molecule is COc1cc(-n2cc(C)nc2NCC(C)C)ccc1Cl. The molecule has 0 aliphatic heterocycles. The van der Waals surface area contributed by atoms with E-state index in [-0.39, 0.29) is 0 Å². The fourth-order valence-corrected chi connectivity index (χ4v) is 2.11. The third kappa shape index (κ3) is 3.25. The van der Waals surface area contributed by atoms with Crippen LogP contribution >= 0.6 is 11.6 Å². The van der Waals surface area contributed by atoms with Gasteiger partial charge in [0.25, 0.3) is 0 Å². The van der Waals surface area contributed by atoms with Gasteiger partial charge in [0.05, 0.1) is 23.5 Å². The second-order valence-electron chi connectivity index (χ2n) is 5.17. The zero-order valence-electron chi connectivity index (χ0n) is 12.3. The predicted octanol–water partition coefficient (Wildman–Crippen LogP) is 3.91. The van der Waals surface area contributed by atoms with E-state index in [1.54, 1.807) is 7.11 Å². The lowest BCUT2D eigenvalue weighted by Crippen LogP contribution is -2.12. The molecule has 0 fully saturated rings. The summed E-state index contributed by atoms with van der Waals surface area (Å²) in [5, 5.41) is 3.96. The molecule has 0 spiro atoms. The highest BCUT2D eigenvalue weighted by Gasteiger charge is 2.10. The molecule has 5 heteroatoms. The molecule has 0 atom stereocenters. The minimum atomic E-state index is 0.556. The Hall–Kier alpha value is -1.68. The fraction of sp³-hybridized carbons (Fsp3) is 0.400. The second kappa shape index (κ2) is 6.18. The number of ether oxygens (including phenoxy) is 1. The van der Waals surface area contributed by atoms with E-state index in [4.69, 9.17) is 16.3 Å². The van der Waals surface area contributed by atoms with Gasteiger partial charge in [-0.15, -0.1) is 0 Å². The molecule has 1 heterocycles. The molecule has 20 heavy (non-hydrogen) atoms. The summed E-state index contributed by atoms with van der Waals surface area (Å²) in [6.07, 6.45) is 1.99. The molecule has 0 bridgehead atoms. The standard InChI is InChI=1S/C15H20ClN3O/c1-10(2)8-17-15-18-11(3)9-19(15)12-5-6-13(16)14(7-12)20-4/h5-7,9-10H,8H2,1-4H3,(H,17,18). The summed E-state index contributed by atoms with van der Waals surface area (Å²) >= 11 is 6.07. The quantitative estimate of drug-likeness (QED) is 0.908. The highest BCUT2D eigenvalue weighted by atomic mass is 35.5. The summed E-state index contributed by atoms with van der Waals surface area (Å²) in [6.45, 7) is 7.18. The molecule has 2 rings (SSSR count). The number of benzene rings is 1. The number of hydrogen-bond acceptors (Lipinski definition) is 3. The number of methoxy groups -OCH3 is 1. The molecule has 0 saturated heterocycles. The number of aryl methyl sites for hydroxylation is 1. The summed E-state index contributed by atoms with van der Waals surface area (Å²) in [7, 11) is 1.61. The fourth-order valence-electron chi connectivity index (χ4n) is 1.91. The molecule has 4 nitrogen and oxygen atoms in total. The van der Waals surface area contributed by atoms with Crippen molar-refractivity contribution in [3.05, 3.63) is 35.1 Å². The number of nitrogens with zero attached hydrogens (tertiary/aromatic N) is 2. The van der Waals surface area contributed by atoms with Crippen LogP contribution < -0.4 is 10.1 Å². The second-order valence-corrected chi connectivity index (χ2v) is 5.58. The van der Waals surface area contributed by atoms with Crippen molar-refractivity contribution >= 4 is 17.5 Å². The molecule has 2 aromatic rings. The van der Waals surface area contributed by atoms with Gasteiger partial charge in [-0.25, -0.2) is 4.98 Å². The number of rotatable bonds is 5. The molecule has 1 aromatic heterocycles. The molecule has 108 valence electrons. The van der Waals surface area contributed by atoms with Gasteiger partial charge >= 0.3 is 0 Å². The number of aromatic nitrogens is 2. The van der Waals surface area contributed by atoms with E-state index in [0.717, 1.165) is 23.9 Å². The molecule has 0 aliphatic rings. The molecule has 0 aliphatic carbocycles. The van der Waals surface area contributed by atoms with E-state index in [1.807, 2.05) is 35.9 Å². The molecule has 0 radical (unpaired) electrons. The molecule has 0 saturated carbocycles. The molecule has 0 unspecified atom stereocenters. The minimum Gasteiger partial charge on any atom is -0.495 e. The average molecular weight is 294 g/mol. The van der Waals surface area contributed by atoms with Crippen LogP contribution in [0.25, 0.3) is 5.69 Å². The van der Waals surface area contributed by atoms with Gasteiger partial charge in [0.2, 0.25) is 5.95 Å². The Labute approximate surface area is 124 Å². The van der Waals surface area contributed by atoms with Crippen LogP contribution in [0.1, 0.15) is 19.5 Å². The van der Waals surface area contributed by atoms with E-state index < -0.39 is 0 Å². The van der Waals surface area contributed by atoms with E-state index in [0.29, 0.717) is 16.7 Å². The van der Waals surface area contributed by atoms with Crippen molar-refractivity contribution < 1.29 is 4.74 Å². The Morgan fingerprint density at radius 1 is 1.40 bits per heavy atom. The van der Waals surface area contributed by atoms with Crippen molar-refractivity contribution in [2.75, 3.05) is 19.0 Å². The third-order valence-corrected chi connectivity index (χ3v) is 3.22. The zero-order chi connectivity index (χ0) is 14.7. The van der Waals surface area contributed by atoms with Gasteiger partial charge < -0.3 is 10.1 Å². The van der Waals surface area contributed by atoms with E-state index in [2.05, 4.69) is 24.1 Å². The number of hydrogen-bond donors (Lipinski definition) is 1. The van der Waals surface area contributed by atoms with Crippen LogP contribution in [0.2, 0.25) is 5.02 Å². The van der Waals surface area contributed by atoms with Crippen molar-refractivity contribution in [3.8, 4) is 11.4 Å². The first-order valence-electron chi connectivity index (χ1n) is 6.65. The lowest BCUT2D eigenvalue weighted by Gasteiger charge is -2.12. The van der Waals surface area contributed by atoms with Gasteiger partial charge in [0.15, 0.2) is 0 Å². The smallest absolute Gasteiger partial charge is 0.207 e. The summed E-state index contributed by atoms with van der Waals surface area (Å²) in [6, 6.07) is 5.69. The lowest BCUT2D eigenvalue weighted by molar-refractivity contribution is 0.415. The number of imidazole rings is 1. The monoisotopic (exact) mass is 293 g/mol. The van der Waals surface area contributed by atoms with Gasteiger partial charge in [0.1, 0.15) is 5.75 Å². The Morgan fingerprint density at radius 2 is 2.15 bits per heavy atom. The van der Waals surface area contributed by atoms with Crippen LogP contribution in [0.3, 0.4) is 0 Å². The summed E-state index contributed by atoms with van der Waals surface area (Å²) in [5.74, 6) is 2.05. The highest BCUT2D eigenvalue weighted by Crippen LogP contribution is 2.28. The maximum Gasteiger partial charge on any atom is 0.207 e. The Kier molecular flexibility index (Phi) is 4.55. The van der Waals surface area contributed by atoms with Crippen molar-refractivity contribution in [1.29, 1.82) is 0 Å². The summed E-state index contributed by atoms with van der Waals surface area (Å²) in [5.41, 5.74) is 1.93. The average Bonchev–Trinajstić information content (AvgIpc) is 2.78. The van der Waals surface area contributed by atoms with Gasteiger partial charge in [-0.1, -0.05) is 25.4 Å². The largest absolute Gasteiger partial charge is 0.495 e. The van der Waals surface area contributed by atoms with Crippen LogP contribution in [0.15, 0.2) is 24.4 Å². The lowest BCUT2D eigenvalue weighted by atomic mass is 10.2. The molecular weight excluding hydrogens is 274 g/mol. The molecule has 1 N–H and O–H groups in total. The number of nitrogens with one attached hydrogen (secondary N) is 1. The Bertz CT molecular complexity index is 593. The molecule has 0 amide bonds. The topological polar surface area (TPSA) is 39.1 Å². The zero-order valence-corrected chi connectivity index (χ0v) is 13.0. The van der Waals surface area contributed by atoms with Crippen LogP contribution in [0.5, 0.6) is 5.75 Å². The van der Waals surface area contributed by atoms with Crippen LogP contribution in [0, 0.1) is 12.8 Å². The van der Waals surface area contributed by atoms with Crippen LogP contribution in [0.4, 0.5) is 5.95 Å². The van der Waals surface area contributed by atoms with Gasteiger partial charge in [0, 0.05) is 18.8 Å². The van der Waals surface area contributed by atoms with Gasteiger partial charge in [-0.3, -0.25) is 4.57 Å². The first kappa shape index (κ1) is 14.7. The summed E-state index contributed by atoms with van der Waals surface area (Å²) in [4.78, 5) is 4.51. The van der Waals surface area contributed by atoms with Gasteiger partial charge in [-0.2, -0.15) is 0 Å². The van der Waals surface area contributed by atoms with Crippen molar-refractivity contribution in [2.45, 2.75) is 20.8 Å². The normalized spacial score (nSPS) is 10.9. The minimum absolute atomic E-state index is 0.556. The summed E-state index contributed by atoms with van der Waals surface area (Å²) < 4.78 is 7.28. The van der Waals surface area contributed by atoms with Gasteiger partial charge in [-0.05, 0) is 25.0 Å². The Balaban J connectivity index is 2.36. The van der Waals surface area contributed by atoms with Crippen LogP contribution in [-0.2, 0) is 0 Å². The first-order valence-corrected chi connectivity index (χ1v) is 7.03. The predicted molar refractivity (Wildman–Crippen MR) is 83.2 cm³/mol. The Morgan fingerprint density at radius 3 is 2.80 bits per heavy atom. The maximum absolute atomic E-state index is 6.07. The van der Waals surface area contributed by atoms with Crippen LogP contribution in [-0.4, -0.2) is 23.2 Å². The van der Waals surface area contributed by atoms with Crippen molar-refractivity contribution in [3.63, 3.8) is 0 Å². The first-order chi connectivity index (χ1) is 9.51. The highest BCUT2D eigenvalue weighted by molar-refractivity contribution is 6.32. The van der Waals surface area contributed by atoms with Crippen molar-refractivity contribution in [2.24, 2.45) is 5.92 Å². The number of anilines is 1. The third-order valence-electron chi connectivity index (χ3n) is 2.91.